The number of ether oxygens (including phenoxy) is 2. The van der Waals surface area contributed by atoms with Gasteiger partial charge in [0.25, 0.3) is 0 Å². The Morgan fingerprint density at radius 2 is 1.66 bits per heavy atom. The van der Waals surface area contributed by atoms with E-state index in [9.17, 15) is 4.79 Å². The van der Waals surface area contributed by atoms with Crippen LogP contribution in [0.25, 0.3) is 6.08 Å². The van der Waals surface area contributed by atoms with Gasteiger partial charge in [-0.05, 0) is 60.0 Å². The number of benzene rings is 2. The van der Waals surface area contributed by atoms with Crippen molar-refractivity contribution in [3.63, 3.8) is 0 Å². The molecule has 7 nitrogen and oxygen atoms in total. The maximum atomic E-state index is 12.7. The number of para-hydroxylation sites is 2. The predicted molar refractivity (Wildman–Crippen MR) is 140 cm³/mol. The topological polar surface area (TPSA) is 66.9 Å². The van der Waals surface area contributed by atoms with Crippen LogP contribution in [0.15, 0.2) is 73.1 Å². The first-order chi connectivity index (χ1) is 17.1. The zero-order chi connectivity index (χ0) is 24.5. The van der Waals surface area contributed by atoms with Gasteiger partial charge < -0.3 is 19.7 Å². The first-order valence-electron chi connectivity index (χ1n) is 11.8. The zero-order valence-corrected chi connectivity index (χ0v) is 20.3. The molecule has 1 fully saturated rings. The molecule has 35 heavy (non-hydrogen) atoms. The van der Waals surface area contributed by atoms with Crippen LogP contribution in [0.3, 0.4) is 0 Å². The highest BCUT2D eigenvalue weighted by Crippen LogP contribution is 2.27. The molecule has 0 unspecified atom stereocenters. The van der Waals surface area contributed by atoms with E-state index in [2.05, 4.69) is 38.3 Å². The Bertz CT molecular complexity index is 1120. The molecule has 1 aliphatic heterocycles. The van der Waals surface area contributed by atoms with Gasteiger partial charge >= 0.3 is 0 Å². The molecule has 1 aliphatic rings. The molecule has 2 aromatic carbocycles. The number of rotatable bonds is 9. The number of methoxy groups -OCH3 is 2. The highest BCUT2D eigenvalue weighted by molar-refractivity contribution is 6.03. The van der Waals surface area contributed by atoms with Gasteiger partial charge in [0, 0.05) is 57.3 Å². The lowest BCUT2D eigenvalue weighted by molar-refractivity contribution is -0.111. The van der Waals surface area contributed by atoms with Gasteiger partial charge in [0.05, 0.1) is 25.6 Å². The van der Waals surface area contributed by atoms with Crippen molar-refractivity contribution in [1.82, 2.24) is 9.88 Å². The van der Waals surface area contributed by atoms with Crippen LogP contribution in [0.1, 0.15) is 11.1 Å². The average Bonchev–Trinajstić information content (AvgIpc) is 2.91. The molecule has 1 saturated heterocycles. The van der Waals surface area contributed by atoms with E-state index in [4.69, 9.17) is 9.47 Å². The van der Waals surface area contributed by atoms with Gasteiger partial charge in [-0.25, -0.2) is 0 Å². The summed E-state index contributed by atoms with van der Waals surface area (Å²) in [5.41, 5.74) is 4.00. The third-order valence-corrected chi connectivity index (χ3v) is 6.14. The van der Waals surface area contributed by atoms with Gasteiger partial charge in [-0.15, -0.1) is 0 Å². The zero-order valence-electron chi connectivity index (χ0n) is 20.3. The highest BCUT2D eigenvalue weighted by Gasteiger charge is 2.19. The second kappa shape index (κ2) is 12.0. The van der Waals surface area contributed by atoms with Gasteiger partial charge in [0.15, 0.2) is 0 Å². The molecule has 1 amide bonds. The van der Waals surface area contributed by atoms with Crippen molar-refractivity contribution in [2.45, 2.75) is 6.42 Å². The Kier molecular flexibility index (Phi) is 8.35. The predicted octanol–water partition coefficient (Wildman–Crippen LogP) is 4.12. The van der Waals surface area contributed by atoms with Crippen LogP contribution in [0, 0.1) is 0 Å². The van der Waals surface area contributed by atoms with Gasteiger partial charge in [-0.1, -0.05) is 12.1 Å². The van der Waals surface area contributed by atoms with Crippen molar-refractivity contribution >= 4 is 23.4 Å². The Labute approximate surface area is 207 Å². The Balaban J connectivity index is 1.34. The lowest BCUT2D eigenvalue weighted by Crippen LogP contribution is -2.47. The molecule has 4 rings (SSSR count). The van der Waals surface area contributed by atoms with Gasteiger partial charge in [-0.2, -0.15) is 0 Å². The fraction of sp³-hybridized carbons (Fsp3) is 0.286. The smallest absolute Gasteiger partial charge is 0.248 e. The molecule has 3 aromatic rings. The lowest BCUT2D eigenvalue weighted by Gasteiger charge is -2.37. The SMILES string of the molecule is COc1cc(/C=C/C(=O)Nc2ccccc2N2CCN(CCc3ccncc3)CC2)cc(OC)c1. The number of aromatic nitrogens is 1. The van der Waals surface area contributed by atoms with Crippen molar-refractivity contribution in [3.8, 4) is 11.5 Å². The highest BCUT2D eigenvalue weighted by atomic mass is 16.5. The molecule has 1 N–H and O–H groups in total. The molecular formula is C28H32N4O3. The number of nitrogens with zero attached hydrogens (tertiary/aromatic N) is 3. The maximum absolute atomic E-state index is 12.7. The number of hydrogen-bond donors (Lipinski definition) is 1. The summed E-state index contributed by atoms with van der Waals surface area (Å²) in [6.45, 7) is 4.86. The summed E-state index contributed by atoms with van der Waals surface area (Å²) >= 11 is 0. The summed E-state index contributed by atoms with van der Waals surface area (Å²) in [4.78, 5) is 21.6. The van der Waals surface area contributed by atoms with Crippen molar-refractivity contribution < 1.29 is 14.3 Å². The summed E-state index contributed by atoms with van der Waals surface area (Å²) in [5.74, 6) is 1.17. The van der Waals surface area contributed by atoms with E-state index in [0.29, 0.717) is 11.5 Å². The number of piperazine rings is 1. The minimum absolute atomic E-state index is 0.185. The van der Waals surface area contributed by atoms with Crippen LogP contribution in [0.5, 0.6) is 11.5 Å². The first kappa shape index (κ1) is 24.3. The normalized spacial score (nSPS) is 14.2. The number of hydrogen-bond acceptors (Lipinski definition) is 6. The summed E-state index contributed by atoms with van der Waals surface area (Å²) in [5, 5.41) is 3.04. The van der Waals surface area contributed by atoms with Crippen LogP contribution in [0.4, 0.5) is 11.4 Å². The summed E-state index contributed by atoms with van der Waals surface area (Å²) < 4.78 is 10.6. The van der Waals surface area contributed by atoms with Crippen LogP contribution in [-0.4, -0.2) is 62.7 Å². The molecule has 1 aromatic heterocycles. The van der Waals surface area contributed by atoms with E-state index in [1.807, 2.05) is 42.7 Å². The molecule has 7 heteroatoms. The van der Waals surface area contributed by atoms with Crippen LogP contribution >= 0.6 is 0 Å². The quantitative estimate of drug-likeness (QED) is 0.473. The molecule has 0 aliphatic carbocycles. The van der Waals surface area contributed by atoms with E-state index in [1.54, 1.807) is 26.4 Å². The standard InChI is InChI=1S/C28H32N4O3/c1-34-24-19-23(20-25(21-24)35-2)7-8-28(33)30-26-5-3-4-6-27(26)32-17-15-31(16-18-32)14-11-22-9-12-29-13-10-22/h3-10,12-13,19-21H,11,14-18H2,1-2H3,(H,30,33)/b8-7+. The number of nitrogens with one attached hydrogen (secondary N) is 1. The number of anilines is 2. The minimum atomic E-state index is -0.185. The molecule has 0 radical (unpaired) electrons. The van der Waals surface area contributed by atoms with E-state index >= 15 is 0 Å². The fourth-order valence-corrected chi connectivity index (χ4v) is 4.18. The minimum Gasteiger partial charge on any atom is -0.497 e. The fourth-order valence-electron chi connectivity index (χ4n) is 4.18. The van der Waals surface area contributed by atoms with E-state index < -0.39 is 0 Å². The third-order valence-electron chi connectivity index (χ3n) is 6.14. The number of amides is 1. The van der Waals surface area contributed by atoms with E-state index in [-0.39, 0.29) is 5.91 Å². The Hall–Kier alpha value is -3.84. The van der Waals surface area contributed by atoms with Crippen molar-refractivity contribution in [3.05, 3.63) is 84.2 Å². The second-order valence-electron chi connectivity index (χ2n) is 8.42. The van der Waals surface area contributed by atoms with Gasteiger partial charge in [-0.3, -0.25) is 14.7 Å². The van der Waals surface area contributed by atoms with Crippen LogP contribution < -0.4 is 19.7 Å². The number of carbonyl (C=O) groups excluding carboxylic acids is 1. The molecule has 0 saturated carbocycles. The average molecular weight is 473 g/mol. The number of carbonyl (C=O) groups is 1. The van der Waals surface area contributed by atoms with E-state index in [1.165, 1.54) is 11.6 Å². The molecule has 0 atom stereocenters. The molecule has 0 spiro atoms. The Morgan fingerprint density at radius 1 is 0.971 bits per heavy atom. The summed E-state index contributed by atoms with van der Waals surface area (Å²) in [6.07, 6.45) is 8.01. The van der Waals surface area contributed by atoms with Gasteiger partial charge in [0.2, 0.25) is 5.91 Å². The molecule has 182 valence electrons. The lowest BCUT2D eigenvalue weighted by atomic mass is 10.1. The summed E-state index contributed by atoms with van der Waals surface area (Å²) in [6, 6.07) is 17.6. The van der Waals surface area contributed by atoms with Crippen molar-refractivity contribution in [2.75, 3.05) is 57.2 Å². The van der Waals surface area contributed by atoms with Crippen LogP contribution in [-0.2, 0) is 11.2 Å². The van der Waals surface area contributed by atoms with Crippen LogP contribution in [0.2, 0.25) is 0 Å². The van der Waals surface area contributed by atoms with E-state index in [0.717, 1.165) is 56.1 Å². The van der Waals surface area contributed by atoms with Gasteiger partial charge in [0.1, 0.15) is 11.5 Å². The largest absolute Gasteiger partial charge is 0.497 e. The Morgan fingerprint density at radius 3 is 2.34 bits per heavy atom. The molecule has 0 bridgehead atoms. The maximum Gasteiger partial charge on any atom is 0.248 e. The summed E-state index contributed by atoms with van der Waals surface area (Å²) in [7, 11) is 3.21. The molecule has 2 heterocycles. The first-order valence-corrected chi connectivity index (χ1v) is 11.8. The van der Waals surface area contributed by atoms with Crippen molar-refractivity contribution in [1.29, 1.82) is 0 Å². The number of pyridine rings is 1. The third kappa shape index (κ3) is 6.83. The molecular weight excluding hydrogens is 440 g/mol. The van der Waals surface area contributed by atoms with Crippen molar-refractivity contribution in [2.24, 2.45) is 0 Å². The second-order valence-corrected chi connectivity index (χ2v) is 8.42. The monoisotopic (exact) mass is 472 g/mol.